The Bertz CT molecular complexity index is 853. The average molecular weight is 409 g/mol. The highest BCUT2D eigenvalue weighted by Crippen LogP contribution is 2.40. The van der Waals surface area contributed by atoms with Crippen molar-refractivity contribution in [3.63, 3.8) is 0 Å². The highest BCUT2D eigenvalue weighted by atomic mass is 32.2. The van der Waals surface area contributed by atoms with Crippen LogP contribution in [0.1, 0.15) is 18.4 Å². The summed E-state index contributed by atoms with van der Waals surface area (Å²) in [6.45, 7) is 0. The predicted octanol–water partition coefficient (Wildman–Crippen LogP) is 2.24. The Kier molecular flexibility index (Phi) is 4.95. The van der Waals surface area contributed by atoms with Gasteiger partial charge in [-0.2, -0.15) is 13.2 Å². The normalized spacial score (nSPS) is 24.7. The van der Waals surface area contributed by atoms with Gasteiger partial charge in [-0.05, 0) is 24.6 Å². The van der Waals surface area contributed by atoms with Gasteiger partial charge in [-0.3, -0.25) is 9.59 Å². The van der Waals surface area contributed by atoms with E-state index in [0.29, 0.717) is 4.90 Å². The van der Waals surface area contributed by atoms with Gasteiger partial charge in [-0.15, -0.1) is 11.8 Å². The number of esters is 1. The van der Waals surface area contributed by atoms with Crippen LogP contribution < -0.4 is 5.32 Å². The quantitative estimate of drug-likeness (QED) is 0.771. The first kappa shape index (κ1) is 19.0. The molecule has 0 bridgehead atoms. The lowest BCUT2D eigenvalue weighted by molar-refractivity contribution is -0.148. The van der Waals surface area contributed by atoms with Crippen LogP contribution in [0, 0.1) is 0 Å². The zero-order valence-corrected chi connectivity index (χ0v) is 14.8. The van der Waals surface area contributed by atoms with Crippen LogP contribution in [0.2, 0.25) is 0 Å². The van der Waals surface area contributed by atoms with Gasteiger partial charge < -0.3 is 10.1 Å². The molecule has 11 heteroatoms. The number of thioether (sulfide) groups is 1. The number of hydrogen-bond acceptors (Lipinski definition) is 6. The molecule has 2 atom stereocenters. The first-order valence-corrected chi connectivity index (χ1v) is 10.3. The van der Waals surface area contributed by atoms with E-state index in [0.717, 1.165) is 23.9 Å². The van der Waals surface area contributed by atoms with Gasteiger partial charge in [0.15, 0.2) is 9.84 Å². The van der Waals surface area contributed by atoms with Gasteiger partial charge in [0, 0.05) is 4.90 Å². The van der Waals surface area contributed by atoms with Crippen molar-refractivity contribution in [2.45, 2.75) is 35.3 Å². The molecule has 0 saturated carbocycles. The maximum Gasteiger partial charge on any atom is 0.416 e. The molecule has 2 heterocycles. The molecule has 0 aromatic heterocycles. The Labute approximate surface area is 151 Å². The summed E-state index contributed by atoms with van der Waals surface area (Å²) in [5.74, 6) is -1.59. The number of amides is 1. The number of ether oxygens (including phenoxy) is 1. The molecule has 3 rings (SSSR count). The molecule has 0 unspecified atom stereocenters. The highest BCUT2D eigenvalue weighted by molar-refractivity contribution is 8.01. The minimum absolute atomic E-state index is 0.0429. The minimum Gasteiger partial charge on any atom is -0.461 e. The lowest BCUT2D eigenvalue weighted by Gasteiger charge is -2.24. The van der Waals surface area contributed by atoms with E-state index in [1.807, 2.05) is 0 Å². The Hall–Kier alpha value is -1.75. The summed E-state index contributed by atoms with van der Waals surface area (Å²) >= 11 is 0.972. The molecule has 1 aromatic carbocycles. The fraction of sp³-hybridized carbons (Fsp3) is 0.467. The van der Waals surface area contributed by atoms with E-state index in [4.69, 9.17) is 4.74 Å². The van der Waals surface area contributed by atoms with Crippen LogP contribution in [-0.2, 0) is 30.3 Å². The van der Waals surface area contributed by atoms with Crippen molar-refractivity contribution >= 4 is 39.2 Å². The van der Waals surface area contributed by atoms with E-state index in [9.17, 15) is 31.2 Å². The van der Waals surface area contributed by atoms with E-state index in [1.54, 1.807) is 0 Å². The summed E-state index contributed by atoms with van der Waals surface area (Å²) in [6, 6.07) is 2.99. The molecule has 1 N–H and O–H groups in total. The minimum atomic E-state index is -4.52. The smallest absolute Gasteiger partial charge is 0.416 e. The Morgan fingerprint density at radius 2 is 2.08 bits per heavy atom. The van der Waals surface area contributed by atoms with E-state index in [-0.39, 0.29) is 30.0 Å². The molecular formula is C15H14F3NO5S2. The first-order valence-electron chi connectivity index (χ1n) is 7.62. The third-order valence-corrected chi connectivity index (χ3v) is 6.98. The first-order chi connectivity index (χ1) is 12.0. The van der Waals surface area contributed by atoms with E-state index < -0.39 is 44.8 Å². The topological polar surface area (TPSA) is 89.5 Å². The van der Waals surface area contributed by atoms with E-state index in [1.165, 1.54) is 6.07 Å². The largest absolute Gasteiger partial charge is 0.461 e. The van der Waals surface area contributed by atoms with Crippen LogP contribution in [0.25, 0.3) is 0 Å². The number of carbonyl (C=O) groups is 2. The number of fused-ring (bicyclic) bond motifs is 1. The zero-order valence-electron chi connectivity index (χ0n) is 13.2. The second-order valence-electron chi connectivity index (χ2n) is 6.02. The third kappa shape index (κ3) is 4.32. The number of carbonyl (C=O) groups excluding carboxylic acids is 2. The Morgan fingerprint density at radius 1 is 1.35 bits per heavy atom. The molecule has 6 nitrogen and oxygen atoms in total. The lowest BCUT2D eigenvalue weighted by atomic mass is 10.1. The fourth-order valence-corrected chi connectivity index (χ4v) is 5.37. The van der Waals surface area contributed by atoms with Crippen LogP contribution in [0.15, 0.2) is 23.1 Å². The average Bonchev–Trinajstić information content (AvgIpc) is 2.85. The van der Waals surface area contributed by atoms with Crippen molar-refractivity contribution in [1.82, 2.24) is 0 Å². The van der Waals surface area contributed by atoms with Crippen LogP contribution in [0.5, 0.6) is 0 Å². The predicted molar refractivity (Wildman–Crippen MR) is 87.5 cm³/mol. The molecule has 1 aromatic rings. The van der Waals surface area contributed by atoms with Crippen LogP contribution >= 0.6 is 11.8 Å². The van der Waals surface area contributed by atoms with Gasteiger partial charge in [0.1, 0.15) is 6.10 Å². The van der Waals surface area contributed by atoms with E-state index in [2.05, 4.69) is 5.32 Å². The van der Waals surface area contributed by atoms with Gasteiger partial charge in [-0.25, -0.2) is 8.42 Å². The molecule has 0 spiro atoms. The number of benzene rings is 1. The van der Waals surface area contributed by atoms with Gasteiger partial charge in [0.25, 0.3) is 0 Å². The lowest BCUT2D eigenvalue weighted by Crippen LogP contribution is -2.32. The van der Waals surface area contributed by atoms with Crippen molar-refractivity contribution in [1.29, 1.82) is 0 Å². The van der Waals surface area contributed by atoms with Crippen molar-refractivity contribution in [2.75, 3.05) is 16.8 Å². The van der Waals surface area contributed by atoms with Crippen molar-refractivity contribution in [3.8, 4) is 0 Å². The maximum atomic E-state index is 12.7. The molecule has 1 amide bonds. The Morgan fingerprint density at radius 3 is 2.69 bits per heavy atom. The summed E-state index contributed by atoms with van der Waals surface area (Å²) in [4.78, 5) is 24.5. The fourth-order valence-electron chi connectivity index (χ4n) is 2.70. The molecule has 0 radical (unpaired) electrons. The van der Waals surface area contributed by atoms with Gasteiger partial charge in [0.2, 0.25) is 5.91 Å². The monoisotopic (exact) mass is 409 g/mol. The summed E-state index contributed by atoms with van der Waals surface area (Å²) in [5.41, 5.74) is -0.834. The van der Waals surface area contributed by atoms with Crippen molar-refractivity contribution in [3.05, 3.63) is 23.8 Å². The number of sulfone groups is 1. The van der Waals surface area contributed by atoms with Crippen LogP contribution in [0.3, 0.4) is 0 Å². The number of alkyl halides is 3. The summed E-state index contributed by atoms with van der Waals surface area (Å²) < 4.78 is 66.0. The third-order valence-electron chi connectivity index (χ3n) is 3.97. The molecule has 2 aliphatic rings. The van der Waals surface area contributed by atoms with Crippen LogP contribution in [-0.4, -0.2) is 43.2 Å². The number of halogens is 3. The van der Waals surface area contributed by atoms with Crippen molar-refractivity contribution in [2.24, 2.45) is 0 Å². The summed E-state index contributed by atoms with van der Waals surface area (Å²) in [5, 5.41) is 1.51. The van der Waals surface area contributed by atoms with Gasteiger partial charge in [-0.1, -0.05) is 0 Å². The number of anilines is 1. The number of hydrogen-bond donors (Lipinski definition) is 1. The Balaban J connectivity index is 1.64. The molecular weight excluding hydrogens is 395 g/mol. The van der Waals surface area contributed by atoms with Crippen molar-refractivity contribution < 1.29 is 35.9 Å². The highest BCUT2D eigenvalue weighted by Gasteiger charge is 2.36. The maximum absolute atomic E-state index is 12.7. The van der Waals surface area contributed by atoms with Crippen LogP contribution in [0.4, 0.5) is 18.9 Å². The number of nitrogens with one attached hydrogen (secondary N) is 1. The van der Waals surface area contributed by atoms with E-state index >= 15 is 0 Å². The standard InChI is InChI=1S/C15H14F3NO5S2/c16-15(17,18)8-1-2-11-10(5-8)19-14(21)12(25-11)6-13(20)24-9-3-4-26(22,23)7-9/h1-2,5,9,12H,3-4,6-7H2,(H,19,21)/t9-,12+/m0/s1. The van der Waals surface area contributed by atoms with Gasteiger partial charge in [0.05, 0.1) is 34.4 Å². The molecule has 1 saturated heterocycles. The SMILES string of the molecule is O=C(C[C@H]1Sc2ccc(C(F)(F)F)cc2NC1=O)O[C@H]1CCS(=O)(=O)C1. The second kappa shape index (κ2) is 6.76. The second-order valence-corrected chi connectivity index (χ2v) is 9.50. The molecule has 0 aliphatic carbocycles. The zero-order chi connectivity index (χ0) is 19.1. The summed E-state index contributed by atoms with van der Waals surface area (Å²) in [7, 11) is -3.19. The molecule has 26 heavy (non-hydrogen) atoms. The number of rotatable bonds is 3. The van der Waals surface area contributed by atoms with Gasteiger partial charge >= 0.3 is 12.1 Å². The molecule has 1 fully saturated rings. The summed E-state index contributed by atoms with van der Waals surface area (Å²) in [6.07, 6.45) is -5.31. The molecule has 2 aliphatic heterocycles. The molecule has 142 valence electrons.